The van der Waals surface area contributed by atoms with Gasteiger partial charge in [-0.05, 0) is 121 Å². The molecule has 0 spiro atoms. The topological polar surface area (TPSA) is 168 Å². The Labute approximate surface area is 359 Å². The molecule has 0 bridgehead atoms. The lowest BCUT2D eigenvalue weighted by molar-refractivity contribution is 0.960. The van der Waals surface area contributed by atoms with Crippen LogP contribution in [0.15, 0.2) is 131 Å². The lowest BCUT2D eigenvalue weighted by Gasteiger charge is -2.07. The van der Waals surface area contributed by atoms with Gasteiger partial charge in [0.15, 0.2) is 17.1 Å². The molecule has 8 aromatic heterocycles. The number of nitrogens with one attached hydrogen (secondary N) is 4. The molecule has 4 N–H and O–H groups in total. The van der Waals surface area contributed by atoms with Crippen molar-refractivity contribution in [2.75, 3.05) is 10.6 Å². The second-order valence-electron chi connectivity index (χ2n) is 14.2. The Morgan fingerprint density at radius 2 is 1.20 bits per heavy atom. The summed E-state index contributed by atoms with van der Waals surface area (Å²) in [4.78, 5) is 35.9. The molecule has 0 aliphatic rings. The normalized spacial score (nSPS) is 11.5. The van der Waals surface area contributed by atoms with E-state index < -0.39 is 0 Å². The first kappa shape index (κ1) is 37.2. The molecule has 0 atom stereocenters. The first-order valence-electron chi connectivity index (χ1n) is 19.1. The summed E-state index contributed by atoms with van der Waals surface area (Å²) in [5, 5.41) is 16.2. The number of fused-ring (bicyclic) bond motifs is 2. The van der Waals surface area contributed by atoms with E-state index in [1.807, 2.05) is 129 Å². The molecule has 8 heterocycles. The van der Waals surface area contributed by atoms with Gasteiger partial charge in [-0.1, -0.05) is 28.1 Å². The molecule has 14 nitrogen and oxygen atoms in total. The molecular weight excluding hydrogens is 884 g/mol. The van der Waals surface area contributed by atoms with Crippen molar-refractivity contribution in [3.63, 3.8) is 0 Å². The molecule has 0 unspecified atom stereocenters. The fourth-order valence-electron chi connectivity index (χ4n) is 7.01. The van der Waals surface area contributed by atoms with Gasteiger partial charge in [-0.25, -0.2) is 29.0 Å². The van der Waals surface area contributed by atoms with Crippen molar-refractivity contribution in [3.8, 4) is 56.7 Å². The van der Waals surface area contributed by atoms with Crippen molar-refractivity contribution in [1.29, 1.82) is 0 Å². The van der Waals surface area contributed by atoms with Crippen molar-refractivity contribution in [2.45, 2.75) is 26.9 Å². The fraction of sp³-hybridized carbons (Fsp3) is 0.0909. The molecule has 0 fully saturated rings. The summed E-state index contributed by atoms with van der Waals surface area (Å²) in [6.45, 7) is 4.91. The third-order valence-corrected chi connectivity index (χ3v) is 11.1. The predicted octanol–water partition coefficient (Wildman–Crippen LogP) is 9.71. The van der Waals surface area contributed by atoms with Gasteiger partial charge in [-0.2, -0.15) is 5.10 Å². The Hall–Kier alpha value is -7.04. The van der Waals surface area contributed by atoms with E-state index in [0.717, 1.165) is 99.9 Å². The Morgan fingerprint density at radius 3 is 1.83 bits per heavy atom. The zero-order valence-corrected chi connectivity index (χ0v) is 35.4. The van der Waals surface area contributed by atoms with Crippen LogP contribution in [0.5, 0.6) is 0 Å². The van der Waals surface area contributed by atoms with Crippen LogP contribution in [0, 0.1) is 13.8 Å². The highest BCUT2D eigenvalue weighted by Gasteiger charge is 2.19. The fourth-order valence-corrected chi connectivity index (χ4v) is 7.83. The Bertz CT molecular complexity index is 3180. The van der Waals surface area contributed by atoms with Crippen molar-refractivity contribution in [2.24, 2.45) is 0 Å². The number of hydrogen-bond acceptors (Lipinski definition) is 10. The minimum Gasteiger partial charge on any atom is -0.378 e. The van der Waals surface area contributed by atoms with Gasteiger partial charge in [-0.3, -0.25) is 9.97 Å². The van der Waals surface area contributed by atoms with Crippen LogP contribution in [-0.4, -0.2) is 59.1 Å². The summed E-state index contributed by atoms with van der Waals surface area (Å²) in [6.07, 6.45) is 5.42. The molecule has 10 aromatic rings. The summed E-state index contributed by atoms with van der Waals surface area (Å²) in [6, 6.07) is 33.9. The number of aromatic nitrogens is 12. The number of imidazole rings is 2. The number of anilines is 2. The number of pyridine rings is 4. The summed E-state index contributed by atoms with van der Waals surface area (Å²) < 4.78 is 5.40. The van der Waals surface area contributed by atoms with Gasteiger partial charge in [0.25, 0.3) is 0 Å². The van der Waals surface area contributed by atoms with Crippen molar-refractivity contribution < 1.29 is 0 Å². The Kier molecular flexibility index (Phi) is 9.69. The van der Waals surface area contributed by atoms with Gasteiger partial charge >= 0.3 is 0 Å². The van der Waals surface area contributed by atoms with Crippen LogP contribution < -0.4 is 10.6 Å². The van der Waals surface area contributed by atoms with Crippen LogP contribution in [0.1, 0.15) is 23.0 Å². The maximum absolute atomic E-state index is 5.04. The monoisotopic (exact) mass is 916 g/mol. The standard InChI is InChI=1S/C44H34Br2N14/c1-25-5-3-7-34(51-25)42-40(27-9-17-38-49-24-50-59(38)22-27)54-37(56-42)21-48-31-15-16-32(33(46)19-31)44-57-39-18-10-28(23-60(39)58-44)41-43(35-8-4-6-26(2)52-35)55-36(53-41)20-47-30-13-11-29(45)12-14-30/h3-19,22-24,47-48H,20-21H2,1-2H3,(H,53,55)(H,54,56). The first-order valence-corrected chi connectivity index (χ1v) is 20.6. The van der Waals surface area contributed by atoms with Gasteiger partial charge in [-0.15, -0.1) is 5.10 Å². The predicted molar refractivity (Wildman–Crippen MR) is 239 cm³/mol. The SMILES string of the molecule is Cc1cccc(-c2[nH]c(CNc3ccc(-c4nc5ccc(-c6nc(CNc7ccc(Br)cc7)[nH]c6-c6cccc(C)n6)cn5n4)c(Br)c3)nc2-c2ccc3ncnn3c2)n1. The largest absolute Gasteiger partial charge is 0.378 e. The molecule has 16 heteroatoms. The molecule has 0 saturated heterocycles. The van der Waals surface area contributed by atoms with Gasteiger partial charge in [0.1, 0.15) is 18.0 Å². The van der Waals surface area contributed by atoms with Crippen molar-refractivity contribution >= 4 is 54.5 Å². The zero-order chi connectivity index (χ0) is 40.7. The molecule has 0 amide bonds. The van der Waals surface area contributed by atoms with Gasteiger partial charge in [0.05, 0.1) is 47.3 Å². The summed E-state index contributed by atoms with van der Waals surface area (Å²) >= 11 is 7.30. The highest BCUT2D eigenvalue weighted by molar-refractivity contribution is 9.10. The van der Waals surface area contributed by atoms with Crippen molar-refractivity contribution in [1.82, 2.24) is 59.1 Å². The lowest BCUT2D eigenvalue weighted by atomic mass is 10.1. The third-order valence-electron chi connectivity index (χ3n) is 9.92. The second kappa shape index (κ2) is 15.6. The zero-order valence-electron chi connectivity index (χ0n) is 32.2. The second-order valence-corrected chi connectivity index (χ2v) is 16.0. The van der Waals surface area contributed by atoms with E-state index in [4.69, 9.17) is 30.0 Å². The van der Waals surface area contributed by atoms with Crippen LogP contribution in [-0.2, 0) is 13.1 Å². The smallest absolute Gasteiger partial charge is 0.183 e. The van der Waals surface area contributed by atoms with E-state index in [-0.39, 0.29) is 0 Å². The molecule has 10 rings (SSSR count). The molecule has 60 heavy (non-hydrogen) atoms. The van der Waals surface area contributed by atoms with Gasteiger partial charge in [0, 0.05) is 60.8 Å². The number of H-pyrrole nitrogens is 2. The molecule has 0 aliphatic heterocycles. The van der Waals surface area contributed by atoms with E-state index in [1.165, 1.54) is 6.33 Å². The maximum atomic E-state index is 5.04. The Morgan fingerprint density at radius 1 is 0.600 bits per heavy atom. The van der Waals surface area contributed by atoms with Gasteiger partial charge in [0.2, 0.25) is 0 Å². The third kappa shape index (κ3) is 7.53. The molecule has 0 radical (unpaired) electrons. The van der Waals surface area contributed by atoms with E-state index in [1.54, 1.807) is 9.03 Å². The number of nitrogens with zero attached hydrogens (tertiary/aromatic N) is 10. The van der Waals surface area contributed by atoms with Crippen molar-refractivity contribution in [3.05, 3.63) is 154 Å². The van der Waals surface area contributed by atoms with Crippen LogP contribution in [0.2, 0.25) is 0 Å². The summed E-state index contributed by atoms with van der Waals surface area (Å²) in [7, 11) is 0. The number of rotatable bonds is 11. The number of aromatic amines is 2. The lowest BCUT2D eigenvalue weighted by Crippen LogP contribution is -2.01. The molecule has 0 saturated carbocycles. The van der Waals surface area contributed by atoms with Crippen LogP contribution in [0.3, 0.4) is 0 Å². The number of hydrogen-bond donors (Lipinski definition) is 4. The van der Waals surface area contributed by atoms with E-state index in [0.29, 0.717) is 24.6 Å². The van der Waals surface area contributed by atoms with Gasteiger partial charge < -0.3 is 20.6 Å². The molecule has 0 aliphatic carbocycles. The average molecular weight is 919 g/mol. The van der Waals surface area contributed by atoms with E-state index >= 15 is 0 Å². The minimum atomic E-state index is 0.445. The number of benzene rings is 2. The average Bonchev–Trinajstić information content (AvgIpc) is 4.08. The molecule has 294 valence electrons. The quantitative estimate of drug-likeness (QED) is 0.0981. The van der Waals surface area contributed by atoms with Crippen LogP contribution in [0.25, 0.3) is 68.0 Å². The highest BCUT2D eigenvalue weighted by atomic mass is 79.9. The van der Waals surface area contributed by atoms with E-state index in [2.05, 4.69) is 62.5 Å². The van der Waals surface area contributed by atoms with E-state index in [9.17, 15) is 0 Å². The number of aryl methyl sites for hydroxylation is 2. The first-order chi connectivity index (χ1) is 29.3. The minimum absolute atomic E-state index is 0.445. The Balaban J connectivity index is 0.902. The maximum Gasteiger partial charge on any atom is 0.183 e. The van der Waals surface area contributed by atoms with Crippen LogP contribution >= 0.6 is 31.9 Å². The summed E-state index contributed by atoms with van der Waals surface area (Å²) in [5.41, 5.74) is 12.7. The molecule has 2 aromatic carbocycles. The highest BCUT2D eigenvalue weighted by Crippen LogP contribution is 2.34. The number of halogens is 2. The van der Waals surface area contributed by atoms with Crippen LogP contribution in [0.4, 0.5) is 11.4 Å². The molecular formula is C44H34Br2N14. The summed E-state index contributed by atoms with van der Waals surface area (Å²) in [5.74, 6) is 2.12.